The third-order valence-electron chi connectivity index (χ3n) is 8.61. The van der Waals surface area contributed by atoms with E-state index < -0.39 is 11.5 Å². The normalized spacial score (nSPS) is 25.2. The summed E-state index contributed by atoms with van der Waals surface area (Å²) in [5.41, 5.74) is 0.359. The molecule has 0 radical (unpaired) electrons. The number of carbonyl (C=O) groups is 4. The fourth-order valence-electron chi connectivity index (χ4n) is 6.05. The molecule has 2 saturated heterocycles. The van der Waals surface area contributed by atoms with Crippen LogP contribution in [0.4, 0.5) is 5.13 Å². The number of fused-ring (bicyclic) bond motifs is 1. The van der Waals surface area contributed by atoms with E-state index in [1.807, 2.05) is 35.2 Å². The SMILES string of the molecule is O=C(CCC(=O)N1CC[C@@H]2NC(=O)[C@@H](Cc3ccccc3)NC(=O)C3(C/C=C/C[C@@H]2C1)CCOCC3)Nc1nccs1. The molecule has 4 heterocycles. The summed E-state index contributed by atoms with van der Waals surface area (Å²) >= 11 is 1.33. The summed E-state index contributed by atoms with van der Waals surface area (Å²) in [5.74, 6) is -0.580. The zero-order valence-electron chi connectivity index (χ0n) is 23.8. The Hall–Kier alpha value is -3.57. The minimum Gasteiger partial charge on any atom is -0.381 e. The maximum absolute atomic E-state index is 13.7. The van der Waals surface area contributed by atoms with E-state index in [1.165, 1.54) is 11.3 Å². The van der Waals surface area contributed by atoms with Gasteiger partial charge in [-0.15, -0.1) is 11.3 Å². The van der Waals surface area contributed by atoms with E-state index >= 15 is 0 Å². The van der Waals surface area contributed by atoms with Crippen molar-refractivity contribution in [1.82, 2.24) is 20.5 Å². The number of allylic oxidation sites excluding steroid dienone is 2. The largest absolute Gasteiger partial charge is 0.381 e. The number of piperidine rings is 1. The highest BCUT2D eigenvalue weighted by Crippen LogP contribution is 2.36. The topological polar surface area (TPSA) is 130 Å². The highest BCUT2D eigenvalue weighted by atomic mass is 32.1. The van der Waals surface area contributed by atoms with Crippen LogP contribution in [0.1, 0.15) is 50.5 Å². The van der Waals surface area contributed by atoms with Crippen molar-refractivity contribution in [3.8, 4) is 0 Å². The molecule has 42 heavy (non-hydrogen) atoms. The van der Waals surface area contributed by atoms with E-state index in [0.717, 1.165) is 5.56 Å². The second-order valence-electron chi connectivity index (χ2n) is 11.4. The van der Waals surface area contributed by atoms with Crippen LogP contribution in [0, 0.1) is 11.3 Å². The van der Waals surface area contributed by atoms with E-state index in [2.05, 4.69) is 33.1 Å². The van der Waals surface area contributed by atoms with Gasteiger partial charge in [-0.2, -0.15) is 0 Å². The van der Waals surface area contributed by atoms with Gasteiger partial charge in [-0.25, -0.2) is 4.98 Å². The van der Waals surface area contributed by atoms with Crippen LogP contribution in [-0.2, 0) is 30.3 Å². The lowest BCUT2D eigenvalue weighted by molar-refractivity contribution is -0.140. The van der Waals surface area contributed by atoms with Gasteiger partial charge < -0.3 is 25.6 Å². The third kappa shape index (κ3) is 7.63. The van der Waals surface area contributed by atoms with Crippen LogP contribution in [0.15, 0.2) is 54.1 Å². The monoisotopic (exact) mass is 593 g/mol. The zero-order valence-corrected chi connectivity index (χ0v) is 24.6. The molecule has 0 unspecified atom stereocenters. The van der Waals surface area contributed by atoms with E-state index in [0.29, 0.717) is 70.0 Å². The molecular formula is C31H39N5O5S. The van der Waals surface area contributed by atoms with Crippen LogP contribution in [0.3, 0.4) is 0 Å². The summed E-state index contributed by atoms with van der Waals surface area (Å²) in [5, 5.41) is 11.4. The van der Waals surface area contributed by atoms with Gasteiger partial charge >= 0.3 is 0 Å². The minimum atomic E-state index is -0.709. The predicted molar refractivity (Wildman–Crippen MR) is 160 cm³/mol. The lowest BCUT2D eigenvalue weighted by Gasteiger charge is -2.40. The first kappa shape index (κ1) is 29.9. The fourth-order valence-corrected chi connectivity index (χ4v) is 6.60. The Bertz CT molecular complexity index is 1260. The lowest BCUT2D eigenvalue weighted by Crippen LogP contribution is -2.58. The number of ether oxygens (including phenoxy) is 1. The van der Waals surface area contributed by atoms with Gasteiger partial charge in [0.05, 0.1) is 5.41 Å². The van der Waals surface area contributed by atoms with Crippen LogP contribution in [0.25, 0.3) is 0 Å². The van der Waals surface area contributed by atoms with Crippen molar-refractivity contribution in [3.63, 3.8) is 0 Å². The highest BCUT2D eigenvalue weighted by molar-refractivity contribution is 7.13. The molecule has 11 heteroatoms. The van der Waals surface area contributed by atoms with E-state index in [9.17, 15) is 19.2 Å². The maximum Gasteiger partial charge on any atom is 0.243 e. The van der Waals surface area contributed by atoms with Crippen LogP contribution in [-0.4, -0.2) is 71.9 Å². The van der Waals surface area contributed by atoms with Crippen LogP contribution >= 0.6 is 11.3 Å². The summed E-state index contributed by atoms with van der Waals surface area (Å²) in [4.78, 5) is 58.7. The number of carbonyl (C=O) groups excluding carboxylic acids is 4. The molecule has 1 spiro atoms. The lowest BCUT2D eigenvalue weighted by atomic mass is 9.75. The van der Waals surface area contributed by atoms with Crippen molar-refractivity contribution >= 4 is 40.1 Å². The number of anilines is 1. The molecule has 0 saturated carbocycles. The highest BCUT2D eigenvalue weighted by Gasteiger charge is 2.41. The second kappa shape index (κ2) is 14.1. The number of nitrogens with zero attached hydrogens (tertiary/aromatic N) is 2. The first-order valence-electron chi connectivity index (χ1n) is 14.8. The van der Waals surface area contributed by atoms with Crippen LogP contribution < -0.4 is 16.0 Å². The van der Waals surface area contributed by atoms with Gasteiger partial charge in [-0.1, -0.05) is 42.5 Å². The van der Waals surface area contributed by atoms with Gasteiger partial charge in [0.2, 0.25) is 23.6 Å². The Labute approximate surface area is 250 Å². The zero-order chi connectivity index (χ0) is 29.4. The Balaban J connectivity index is 1.28. The Morgan fingerprint density at radius 2 is 1.90 bits per heavy atom. The molecule has 4 amide bonds. The Kier molecular flexibility index (Phi) is 10.0. The smallest absolute Gasteiger partial charge is 0.243 e. The summed E-state index contributed by atoms with van der Waals surface area (Å²) in [6.45, 7) is 2.02. The number of amides is 4. The number of likely N-dealkylation sites (tertiary alicyclic amines) is 1. The summed E-state index contributed by atoms with van der Waals surface area (Å²) in [7, 11) is 0. The van der Waals surface area contributed by atoms with Crippen LogP contribution in [0.5, 0.6) is 0 Å². The Morgan fingerprint density at radius 3 is 2.67 bits per heavy atom. The number of nitrogens with one attached hydrogen (secondary N) is 3. The first-order chi connectivity index (χ1) is 20.4. The summed E-state index contributed by atoms with van der Waals surface area (Å²) < 4.78 is 5.58. The van der Waals surface area contributed by atoms with Crippen molar-refractivity contribution in [2.24, 2.45) is 11.3 Å². The third-order valence-corrected chi connectivity index (χ3v) is 9.30. The quantitative estimate of drug-likeness (QED) is 0.442. The van der Waals surface area contributed by atoms with Crippen molar-refractivity contribution in [3.05, 3.63) is 59.6 Å². The molecule has 3 aliphatic heterocycles. The van der Waals surface area contributed by atoms with Gasteiger partial charge in [0.15, 0.2) is 5.13 Å². The van der Waals surface area contributed by atoms with Crippen molar-refractivity contribution < 1.29 is 23.9 Å². The van der Waals surface area contributed by atoms with Crippen molar-refractivity contribution in [2.75, 3.05) is 31.6 Å². The molecule has 0 aliphatic carbocycles. The molecule has 10 nitrogen and oxygen atoms in total. The fraction of sp³-hybridized carbons (Fsp3) is 0.516. The van der Waals surface area contributed by atoms with E-state index in [1.54, 1.807) is 11.6 Å². The predicted octanol–water partition coefficient (Wildman–Crippen LogP) is 3.07. The summed E-state index contributed by atoms with van der Waals surface area (Å²) in [6, 6.07) is 8.88. The molecule has 2 fully saturated rings. The number of hydrogen-bond donors (Lipinski definition) is 3. The van der Waals surface area contributed by atoms with E-state index in [4.69, 9.17) is 4.74 Å². The maximum atomic E-state index is 13.7. The number of rotatable bonds is 6. The molecule has 3 aliphatic rings. The average molecular weight is 594 g/mol. The second-order valence-corrected chi connectivity index (χ2v) is 12.3. The van der Waals surface area contributed by atoms with Gasteiger partial charge in [0.1, 0.15) is 6.04 Å². The number of benzene rings is 1. The number of hydrogen-bond acceptors (Lipinski definition) is 7. The van der Waals surface area contributed by atoms with Gasteiger partial charge in [-0.05, 0) is 37.7 Å². The Morgan fingerprint density at radius 1 is 1.10 bits per heavy atom. The first-order valence-corrected chi connectivity index (χ1v) is 15.6. The minimum absolute atomic E-state index is 0.0187. The van der Waals surface area contributed by atoms with E-state index in [-0.39, 0.29) is 48.4 Å². The number of thiazole rings is 1. The average Bonchev–Trinajstić information content (AvgIpc) is 3.52. The van der Waals surface area contributed by atoms with Gasteiger partial charge in [-0.3, -0.25) is 19.2 Å². The van der Waals surface area contributed by atoms with Crippen molar-refractivity contribution in [2.45, 2.75) is 63.5 Å². The molecule has 1 aromatic carbocycles. The van der Waals surface area contributed by atoms with Gasteiger partial charge in [0, 0.05) is 69.1 Å². The molecule has 0 bridgehead atoms. The van der Waals surface area contributed by atoms with Crippen molar-refractivity contribution in [1.29, 1.82) is 0 Å². The number of aromatic nitrogens is 1. The molecule has 1 aromatic heterocycles. The molecule has 3 N–H and O–H groups in total. The van der Waals surface area contributed by atoms with Gasteiger partial charge in [0.25, 0.3) is 0 Å². The summed E-state index contributed by atoms with van der Waals surface area (Å²) in [6.07, 6.45) is 9.47. The molecule has 224 valence electrons. The molecule has 2 aromatic rings. The van der Waals surface area contributed by atoms with Crippen LogP contribution in [0.2, 0.25) is 0 Å². The molecule has 5 rings (SSSR count). The molecular weight excluding hydrogens is 554 g/mol. The standard InChI is InChI=1S/C31H39N5O5S/c37-26(35-30-32-15-19-42-30)9-10-27(38)36-16-11-24-23(21-36)8-4-5-12-31(13-17-41-18-14-31)29(40)34-25(28(39)33-24)20-22-6-2-1-3-7-22/h1-7,15,19,23-25H,8-14,16-18,20-21H2,(H,33,39)(H,34,40)(H,32,35,37)/b5-4+/t23-,24+,25-/m1/s1. The molecule has 3 atom stereocenters.